The first-order valence-electron chi connectivity index (χ1n) is 9.65. The van der Waals surface area contributed by atoms with E-state index in [0.717, 1.165) is 59.1 Å². The number of benzene rings is 1. The smallest absolute Gasteiger partial charge is 0.152 e. The summed E-state index contributed by atoms with van der Waals surface area (Å²) < 4.78 is 0. The number of aromatic amines is 1. The number of nitrogens with zero attached hydrogens (tertiary/aromatic N) is 3. The zero-order valence-corrected chi connectivity index (χ0v) is 16.7. The molecule has 0 bridgehead atoms. The van der Waals surface area contributed by atoms with Crippen LogP contribution in [0.5, 0.6) is 0 Å². The van der Waals surface area contributed by atoms with E-state index in [1.807, 2.05) is 37.4 Å². The summed E-state index contributed by atoms with van der Waals surface area (Å²) in [6.45, 7) is 4.11. The van der Waals surface area contributed by atoms with Gasteiger partial charge in [-0.15, -0.1) is 0 Å². The molecule has 3 aromatic rings. The number of aryl methyl sites for hydroxylation is 1. The molecule has 1 aliphatic rings. The van der Waals surface area contributed by atoms with Crippen LogP contribution in [0.1, 0.15) is 24.8 Å². The van der Waals surface area contributed by atoms with Crippen LogP contribution < -0.4 is 10.2 Å². The number of carbonyl (C=O) groups is 1. The van der Waals surface area contributed by atoms with Gasteiger partial charge in [-0.05, 0) is 55.5 Å². The van der Waals surface area contributed by atoms with E-state index in [2.05, 4.69) is 25.2 Å². The van der Waals surface area contributed by atoms with E-state index in [4.69, 9.17) is 11.6 Å². The zero-order valence-electron chi connectivity index (χ0n) is 15.9. The molecule has 0 amide bonds. The lowest BCUT2D eigenvalue weighted by Crippen LogP contribution is -2.37. The molecular formula is C21H24ClN5O. The van der Waals surface area contributed by atoms with Crippen LogP contribution >= 0.6 is 11.6 Å². The molecule has 1 saturated heterocycles. The molecule has 0 unspecified atom stereocenters. The molecule has 2 N–H and O–H groups in total. The summed E-state index contributed by atoms with van der Waals surface area (Å²) in [4.78, 5) is 26.7. The zero-order chi connectivity index (χ0) is 19.5. The quantitative estimate of drug-likeness (QED) is 0.651. The number of rotatable bonds is 6. The lowest BCUT2D eigenvalue weighted by Gasteiger charge is -2.33. The van der Waals surface area contributed by atoms with Crippen molar-refractivity contribution >= 4 is 39.9 Å². The van der Waals surface area contributed by atoms with Crippen LogP contribution in [-0.2, 0) is 4.79 Å². The van der Waals surface area contributed by atoms with Crippen molar-refractivity contribution in [3.05, 3.63) is 47.4 Å². The van der Waals surface area contributed by atoms with Crippen molar-refractivity contribution in [2.75, 3.05) is 29.9 Å². The summed E-state index contributed by atoms with van der Waals surface area (Å²) in [5.41, 5.74) is 2.78. The van der Waals surface area contributed by atoms with Gasteiger partial charge in [0.05, 0.1) is 11.9 Å². The van der Waals surface area contributed by atoms with Gasteiger partial charge in [-0.3, -0.25) is 4.79 Å². The number of Topliss-reactive ketones (excluding diaryl/α,β-unsaturated/α-hetero) is 1. The molecular weight excluding hydrogens is 374 g/mol. The van der Waals surface area contributed by atoms with E-state index in [1.54, 1.807) is 6.33 Å². The van der Waals surface area contributed by atoms with Crippen LogP contribution in [0.4, 0.5) is 11.5 Å². The molecule has 7 heteroatoms. The summed E-state index contributed by atoms with van der Waals surface area (Å²) in [6.07, 6.45) is 6.21. The number of aromatic nitrogens is 3. The van der Waals surface area contributed by atoms with Crippen molar-refractivity contribution in [1.29, 1.82) is 0 Å². The molecule has 3 heterocycles. The first-order valence-corrected chi connectivity index (χ1v) is 10.0. The Hall–Kier alpha value is -2.60. The predicted molar refractivity (Wildman–Crippen MR) is 113 cm³/mol. The van der Waals surface area contributed by atoms with Gasteiger partial charge in [-0.25, -0.2) is 9.97 Å². The van der Waals surface area contributed by atoms with Crippen LogP contribution in [0.2, 0.25) is 5.02 Å². The highest BCUT2D eigenvalue weighted by molar-refractivity contribution is 6.31. The summed E-state index contributed by atoms with van der Waals surface area (Å²) >= 11 is 6.06. The van der Waals surface area contributed by atoms with Crippen LogP contribution in [0.15, 0.2) is 36.8 Å². The van der Waals surface area contributed by atoms with E-state index in [-0.39, 0.29) is 5.78 Å². The van der Waals surface area contributed by atoms with E-state index < -0.39 is 0 Å². The van der Waals surface area contributed by atoms with Crippen LogP contribution in [0.3, 0.4) is 0 Å². The Morgan fingerprint density at radius 1 is 1.36 bits per heavy atom. The average Bonchev–Trinajstić information content (AvgIpc) is 3.18. The SMILES string of the molecule is Cc1cc(NCC(=O)C[C@@H]2CCCN(c3ncnc4[nH]ccc34)C2)ccc1Cl. The van der Waals surface area contributed by atoms with Crippen molar-refractivity contribution in [3.63, 3.8) is 0 Å². The van der Waals surface area contributed by atoms with Crippen molar-refractivity contribution in [2.45, 2.75) is 26.2 Å². The Morgan fingerprint density at radius 3 is 3.11 bits per heavy atom. The summed E-state index contributed by atoms with van der Waals surface area (Å²) in [5, 5.41) is 4.99. The Morgan fingerprint density at radius 2 is 2.25 bits per heavy atom. The summed E-state index contributed by atoms with van der Waals surface area (Å²) in [7, 11) is 0. The molecule has 4 rings (SSSR count). The van der Waals surface area contributed by atoms with Crippen molar-refractivity contribution in [3.8, 4) is 0 Å². The van der Waals surface area contributed by atoms with Crippen LogP contribution in [0.25, 0.3) is 11.0 Å². The number of fused-ring (bicyclic) bond motifs is 1. The third-order valence-corrected chi connectivity index (χ3v) is 5.74. The number of carbonyl (C=O) groups excluding carboxylic acids is 1. The number of nitrogens with one attached hydrogen (secondary N) is 2. The van der Waals surface area contributed by atoms with Gasteiger partial charge < -0.3 is 15.2 Å². The number of H-pyrrole nitrogens is 1. The van der Waals surface area contributed by atoms with Gasteiger partial charge >= 0.3 is 0 Å². The highest BCUT2D eigenvalue weighted by atomic mass is 35.5. The van der Waals surface area contributed by atoms with Crippen LogP contribution in [0, 0.1) is 12.8 Å². The van der Waals surface area contributed by atoms with E-state index >= 15 is 0 Å². The molecule has 28 heavy (non-hydrogen) atoms. The molecule has 0 saturated carbocycles. The molecule has 6 nitrogen and oxygen atoms in total. The fraction of sp³-hybridized carbons (Fsp3) is 0.381. The summed E-state index contributed by atoms with van der Waals surface area (Å²) in [6, 6.07) is 7.74. The monoisotopic (exact) mass is 397 g/mol. The van der Waals surface area contributed by atoms with Crippen molar-refractivity contribution in [1.82, 2.24) is 15.0 Å². The number of piperidine rings is 1. The number of hydrogen-bond acceptors (Lipinski definition) is 5. The third kappa shape index (κ3) is 4.12. The van der Waals surface area contributed by atoms with E-state index in [1.165, 1.54) is 0 Å². The van der Waals surface area contributed by atoms with E-state index in [0.29, 0.717) is 18.9 Å². The van der Waals surface area contributed by atoms with Crippen molar-refractivity contribution in [2.24, 2.45) is 5.92 Å². The molecule has 1 aliphatic heterocycles. The molecule has 0 spiro atoms. The third-order valence-electron chi connectivity index (χ3n) is 5.32. The van der Waals surface area contributed by atoms with Gasteiger partial charge in [-0.2, -0.15) is 0 Å². The lowest BCUT2D eigenvalue weighted by molar-refractivity contribution is -0.118. The molecule has 1 fully saturated rings. The van der Waals surface area contributed by atoms with Crippen molar-refractivity contribution < 1.29 is 4.79 Å². The van der Waals surface area contributed by atoms with Gasteiger partial charge in [-0.1, -0.05) is 11.6 Å². The fourth-order valence-electron chi connectivity index (χ4n) is 3.88. The Balaban J connectivity index is 1.35. The van der Waals surface area contributed by atoms with Gasteiger partial charge in [0.25, 0.3) is 0 Å². The maximum absolute atomic E-state index is 12.5. The molecule has 0 radical (unpaired) electrons. The van der Waals surface area contributed by atoms with Gasteiger partial charge in [0.2, 0.25) is 0 Å². The second-order valence-electron chi connectivity index (χ2n) is 7.45. The Labute approximate surface area is 169 Å². The Bertz CT molecular complexity index is 986. The number of halogens is 1. The van der Waals surface area contributed by atoms with Gasteiger partial charge in [0.1, 0.15) is 17.8 Å². The minimum Gasteiger partial charge on any atom is -0.378 e. The van der Waals surface area contributed by atoms with Gasteiger partial charge in [0.15, 0.2) is 5.78 Å². The number of ketones is 1. The molecule has 1 aromatic carbocycles. The maximum Gasteiger partial charge on any atom is 0.152 e. The largest absolute Gasteiger partial charge is 0.378 e. The van der Waals surface area contributed by atoms with Gasteiger partial charge in [0, 0.05) is 36.4 Å². The average molecular weight is 398 g/mol. The highest BCUT2D eigenvalue weighted by Crippen LogP contribution is 2.28. The minimum absolute atomic E-state index is 0.230. The van der Waals surface area contributed by atoms with Crippen LogP contribution in [-0.4, -0.2) is 40.4 Å². The fourth-order valence-corrected chi connectivity index (χ4v) is 4.00. The predicted octanol–water partition coefficient (Wildman–Crippen LogP) is 4.21. The second kappa shape index (κ2) is 8.19. The molecule has 2 aromatic heterocycles. The lowest BCUT2D eigenvalue weighted by atomic mass is 9.92. The number of anilines is 2. The number of hydrogen-bond donors (Lipinski definition) is 2. The molecule has 1 atom stereocenters. The summed E-state index contributed by atoms with van der Waals surface area (Å²) in [5.74, 6) is 1.53. The normalized spacial score (nSPS) is 17.1. The standard InChI is InChI=1S/C21H24ClN5O/c1-14-9-16(4-5-19(14)22)24-11-17(28)10-15-3-2-8-27(12-15)21-18-6-7-23-20(18)25-13-26-21/h4-7,9,13,15,24H,2-3,8,10-12H2,1H3,(H,23,25,26)/t15-/m0/s1. The topological polar surface area (TPSA) is 73.9 Å². The molecule has 0 aliphatic carbocycles. The first kappa shape index (κ1) is 18.7. The molecule has 146 valence electrons. The van der Waals surface area contributed by atoms with E-state index in [9.17, 15) is 4.79 Å². The maximum atomic E-state index is 12.5. The Kier molecular flexibility index (Phi) is 5.48. The highest BCUT2D eigenvalue weighted by Gasteiger charge is 2.24. The first-order chi connectivity index (χ1) is 13.6. The second-order valence-corrected chi connectivity index (χ2v) is 7.86. The minimum atomic E-state index is 0.230.